The van der Waals surface area contributed by atoms with E-state index in [0.717, 1.165) is 18.8 Å². The summed E-state index contributed by atoms with van der Waals surface area (Å²) in [5.74, 6) is 0.883. The zero-order valence-corrected chi connectivity index (χ0v) is 8.42. The quantitative estimate of drug-likeness (QED) is 0.637. The summed E-state index contributed by atoms with van der Waals surface area (Å²) in [5.41, 5.74) is 5.64. The normalized spacial score (nSPS) is 16.6. The maximum Gasteiger partial charge on any atom is 0.106 e. The molecule has 0 amide bonds. The van der Waals surface area contributed by atoms with E-state index in [-0.39, 0.29) is 0 Å². The summed E-state index contributed by atoms with van der Waals surface area (Å²) < 4.78 is 0. The van der Waals surface area contributed by atoms with Crippen LogP contribution in [0.25, 0.3) is 0 Å². The molecule has 1 heterocycles. The largest absolute Gasteiger partial charge is 0.385 e. The molecule has 3 heteroatoms. The van der Waals surface area contributed by atoms with Gasteiger partial charge in [0.15, 0.2) is 0 Å². The van der Waals surface area contributed by atoms with E-state index in [0.29, 0.717) is 0 Å². The van der Waals surface area contributed by atoms with Crippen LogP contribution >= 0.6 is 11.8 Å². The van der Waals surface area contributed by atoms with Crippen molar-refractivity contribution >= 4 is 11.8 Å². The molecule has 0 fully saturated rings. The number of nitrogens with two attached hydrogens (primary N) is 1. The van der Waals surface area contributed by atoms with Gasteiger partial charge in [-0.05, 0) is 19.1 Å². The van der Waals surface area contributed by atoms with Crippen molar-refractivity contribution in [3.8, 4) is 0 Å². The minimum absolute atomic E-state index is 0.883. The van der Waals surface area contributed by atoms with Crippen LogP contribution in [0.1, 0.15) is 26.7 Å². The summed E-state index contributed by atoms with van der Waals surface area (Å²) in [4.78, 5) is 1.31. The van der Waals surface area contributed by atoms with Crippen molar-refractivity contribution in [3.63, 3.8) is 0 Å². The number of hydrogen-bond donors (Lipinski definition) is 2. The molecule has 1 aliphatic rings. The van der Waals surface area contributed by atoms with Crippen LogP contribution in [0.3, 0.4) is 0 Å². The molecule has 3 N–H and O–H groups in total. The highest BCUT2D eigenvalue weighted by molar-refractivity contribution is 8.02. The van der Waals surface area contributed by atoms with Crippen LogP contribution in [0, 0.1) is 0 Å². The minimum Gasteiger partial charge on any atom is -0.385 e. The lowest BCUT2D eigenvalue weighted by atomic mass is 10.2. The fourth-order valence-electron chi connectivity index (χ4n) is 0.917. The average molecular weight is 174 g/mol. The maximum absolute atomic E-state index is 5.64. The summed E-state index contributed by atoms with van der Waals surface area (Å²) in [7, 11) is 0. The number of rotatable bonds is 1. The first-order chi connectivity index (χ1) is 5.34. The van der Waals surface area contributed by atoms with E-state index in [1.165, 1.54) is 11.3 Å². The van der Waals surface area contributed by atoms with Crippen LogP contribution in [0.4, 0.5) is 0 Å². The van der Waals surface area contributed by atoms with Gasteiger partial charge in [0.1, 0.15) is 5.82 Å². The van der Waals surface area contributed by atoms with Crippen LogP contribution in [-0.2, 0) is 0 Å². The lowest BCUT2D eigenvalue weighted by Crippen LogP contribution is -2.26. The van der Waals surface area contributed by atoms with Crippen molar-refractivity contribution in [1.82, 2.24) is 5.32 Å². The molecule has 0 spiro atoms. The Labute approximate surface area is 73.6 Å². The second kappa shape index (κ2) is 6.40. The monoisotopic (exact) mass is 174 g/mol. The summed E-state index contributed by atoms with van der Waals surface area (Å²) in [6, 6.07) is 0. The number of nitrogens with one attached hydrogen (secondary N) is 1. The van der Waals surface area contributed by atoms with Gasteiger partial charge in [-0.2, -0.15) is 0 Å². The van der Waals surface area contributed by atoms with Gasteiger partial charge in [0.2, 0.25) is 0 Å². The molecule has 0 aromatic rings. The van der Waals surface area contributed by atoms with Crippen molar-refractivity contribution < 1.29 is 0 Å². The molecule has 0 bridgehead atoms. The third-order valence-electron chi connectivity index (χ3n) is 1.44. The molecule has 0 atom stereocenters. The van der Waals surface area contributed by atoms with Crippen molar-refractivity contribution in [1.29, 1.82) is 0 Å². The molecule has 11 heavy (non-hydrogen) atoms. The second-order valence-corrected chi connectivity index (χ2v) is 2.97. The van der Waals surface area contributed by atoms with Gasteiger partial charge in [0.05, 0.1) is 0 Å². The Morgan fingerprint density at radius 3 is 2.45 bits per heavy atom. The summed E-state index contributed by atoms with van der Waals surface area (Å²) in [6.45, 7) is 5.04. The molecule has 66 valence electrons. The molecule has 2 nitrogen and oxygen atoms in total. The highest BCUT2D eigenvalue weighted by Gasteiger charge is 2.06. The van der Waals surface area contributed by atoms with Crippen LogP contribution in [-0.4, -0.2) is 12.8 Å². The Morgan fingerprint density at radius 1 is 1.45 bits per heavy atom. The molecular formula is C8H18N2S. The minimum atomic E-state index is 0.883. The molecule has 1 aliphatic heterocycles. The molecule has 0 aromatic carbocycles. The highest BCUT2D eigenvalue weighted by atomic mass is 32.2. The Bertz CT molecular complexity index is 132. The lowest BCUT2D eigenvalue weighted by Gasteiger charge is -2.16. The van der Waals surface area contributed by atoms with Gasteiger partial charge >= 0.3 is 0 Å². The van der Waals surface area contributed by atoms with Crippen LogP contribution < -0.4 is 11.1 Å². The van der Waals surface area contributed by atoms with E-state index in [2.05, 4.69) is 11.6 Å². The van der Waals surface area contributed by atoms with Gasteiger partial charge < -0.3 is 11.1 Å². The molecule has 0 saturated heterocycles. The number of hydrogen-bond acceptors (Lipinski definition) is 3. The third kappa shape index (κ3) is 3.56. The summed E-state index contributed by atoms with van der Waals surface area (Å²) in [5, 5.41) is 3.12. The van der Waals surface area contributed by atoms with Gasteiger partial charge in [-0.3, -0.25) is 0 Å². The van der Waals surface area contributed by atoms with Gasteiger partial charge in [0, 0.05) is 11.4 Å². The van der Waals surface area contributed by atoms with Crippen LogP contribution in [0.5, 0.6) is 0 Å². The van der Waals surface area contributed by atoms with Crippen molar-refractivity contribution in [3.05, 3.63) is 10.7 Å². The van der Waals surface area contributed by atoms with Crippen molar-refractivity contribution in [2.75, 3.05) is 12.8 Å². The predicted molar refractivity (Wildman–Crippen MR) is 53.3 cm³/mol. The van der Waals surface area contributed by atoms with Gasteiger partial charge in [-0.1, -0.05) is 13.8 Å². The van der Waals surface area contributed by atoms with Gasteiger partial charge in [-0.25, -0.2) is 0 Å². The fourth-order valence-corrected chi connectivity index (χ4v) is 1.56. The van der Waals surface area contributed by atoms with E-state index in [9.17, 15) is 0 Å². The van der Waals surface area contributed by atoms with E-state index >= 15 is 0 Å². The number of allylic oxidation sites excluding steroid dienone is 1. The molecule has 0 unspecified atom stereocenters. The Kier molecular flexibility index (Phi) is 6.22. The first kappa shape index (κ1) is 10.7. The number of thioether (sulfide) groups is 1. The smallest absolute Gasteiger partial charge is 0.106 e. The van der Waals surface area contributed by atoms with Crippen molar-refractivity contribution in [2.45, 2.75) is 26.7 Å². The first-order valence-electron chi connectivity index (χ1n) is 4.11. The molecule has 0 aliphatic carbocycles. The van der Waals surface area contributed by atoms with E-state index in [4.69, 9.17) is 5.73 Å². The standard InChI is InChI=1S/C6H12N2S.C2H6/c1-9-5-3-2-4-8-6(5)7;1-2/h8H,2-4,7H2,1H3;1-2H3. The Morgan fingerprint density at radius 2 is 2.09 bits per heavy atom. The molecule has 0 radical (unpaired) electrons. The molecule has 0 aromatic heterocycles. The van der Waals surface area contributed by atoms with Crippen LogP contribution in [0.15, 0.2) is 10.7 Å². The van der Waals surface area contributed by atoms with E-state index in [1.54, 1.807) is 11.8 Å². The Balaban J connectivity index is 0.000000461. The zero-order chi connectivity index (χ0) is 8.69. The third-order valence-corrected chi connectivity index (χ3v) is 2.36. The summed E-state index contributed by atoms with van der Waals surface area (Å²) >= 11 is 1.75. The predicted octanol–water partition coefficient (Wildman–Crippen LogP) is 1.89. The zero-order valence-electron chi connectivity index (χ0n) is 7.61. The maximum atomic E-state index is 5.64. The fraction of sp³-hybridized carbons (Fsp3) is 0.750. The van der Waals surface area contributed by atoms with Crippen molar-refractivity contribution in [2.24, 2.45) is 5.73 Å². The lowest BCUT2D eigenvalue weighted by molar-refractivity contribution is 0.676. The second-order valence-electron chi connectivity index (χ2n) is 2.07. The van der Waals surface area contributed by atoms with Gasteiger partial charge in [0.25, 0.3) is 0 Å². The van der Waals surface area contributed by atoms with E-state index in [1.807, 2.05) is 13.8 Å². The summed E-state index contributed by atoms with van der Waals surface area (Å²) in [6.07, 6.45) is 4.44. The molecule has 1 rings (SSSR count). The van der Waals surface area contributed by atoms with Crippen LogP contribution in [0.2, 0.25) is 0 Å². The average Bonchev–Trinajstić information content (AvgIpc) is 2.09. The first-order valence-corrected chi connectivity index (χ1v) is 5.33. The Hall–Kier alpha value is -0.310. The SMILES string of the molecule is CC.CSC1=C(N)NCCC1. The molecular weight excluding hydrogens is 156 g/mol. The topological polar surface area (TPSA) is 38.0 Å². The van der Waals surface area contributed by atoms with E-state index < -0.39 is 0 Å². The molecule has 0 saturated carbocycles. The van der Waals surface area contributed by atoms with Gasteiger partial charge in [-0.15, -0.1) is 11.8 Å². The highest BCUT2D eigenvalue weighted by Crippen LogP contribution is 2.21.